The number of hydrogen-bond donors (Lipinski definition) is 1. The van der Waals surface area contributed by atoms with E-state index in [0.717, 1.165) is 59.7 Å². The molecule has 0 bridgehead atoms. The summed E-state index contributed by atoms with van der Waals surface area (Å²) in [4.78, 5) is 5.20. The van der Waals surface area contributed by atoms with Crippen molar-refractivity contribution in [3.8, 4) is 11.3 Å². The molecule has 0 aliphatic heterocycles. The van der Waals surface area contributed by atoms with Crippen LogP contribution in [0.25, 0.3) is 11.3 Å². The zero-order valence-electron chi connectivity index (χ0n) is 22.7. The van der Waals surface area contributed by atoms with Crippen molar-refractivity contribution in [2.24, 2.45) is 4.99 Å². The van der Waals surface area contributed by atoms with Crippen molar-refractivity contribution in [1.29, 1.82) is 0 Å². The number of nitrogens with zero attached hydrogens (tertiary/aromatic N) is 4. The molecule has 0 spiro atoms. The standard InChI is InChI=1S/C30H37FN4O3/c1-5-7-12-29(32-30-21(3)13-15-34(30)18-23(20-36)37-4)35-19-25(27-14-16-38-33-27)24(28(35)6-2)17-22-10-8-9-11-26(22)31/h8-11,13-16,19,23,36H,5-7,12,17-18,20H2,1-4H3/b32-29+. The van der Waals surface area contributed by atoms with Crippen molar-refractivity contribution in [3.05, 3.63) is 83.3 Å². The Morgan fingerprint density at radius 1 is 1.21 bits per heavy atom. The van der Waals surface area contributed by atoms with Gasteiger partial charge in [0.05, 0.1) is 19.3 Å². The molecule has 1 aromatic carbocycles. The van der Waals surface area contributed by atoms with E-state index in [1.54, 1.807) is 19.4 Å². The predicted octanol–water partition coefficient (Wildman–Crippen LogP) is 6.32. The molecule has 0 fully saturated rings. The molecule has 1 atom stereocenters. The molecule has 0 saturated carbocycles. The van der Waals surface area contributed by atoms with E-state index in [4.69, 9.17) is 14.3 Å². The van der Waals surface area contributed by atoms with Gasteiger partial charge < -0.3 is 23.5 Å². The number of aliphatic hydroxyl groups is 1. The van der Waals surface area contributed by atoms with Crippen molar-refractivity contribution in [1.82, 2.24) is 14.3 Å². The van der Waals surface area contributed by atoms with E-state index in [2.05, 4.69) is 29.8 Å². The molecule has 0 aliphatic carbocycles. The van der Waals surface area contributed by atoms with E-state index >= 15 is 0 Å². The maximum absolute atomic E-state index is 14.7. The first-order valence-electron chi connectivity index (χ1n) is 13.2. The van der Waals surface area contributed by atoms with Crippen LogP contribution in [-0.2, 0) is 24.1 Å². The van der Waals surface area contributed by atoms with Crippen molar-refractivity contribution in [2.75, 3.05) is 13.7 Å². The molecule has 0 saturated heterocycles. The Hall–Kier alpha value is -3.49. The molecule has 4 rings (SSSR count). The molecule has 202 valence electrons. The SMILES string of the molecule is CCCC/C(=N\c1c(C)ccn1CC(CO)OC)n1cc(-c2ccon2)c(Cc2ccccc2F)c1CC. The summed E-state index contributed by atoms with van der Waals surface area (Å²) in [6, 6.07) is 10.8. The monoisotopic (exact) mass is 520 g/mol. The van der Waals surface area contributed by atoms with Crippen LogP contribution in [0.4, 0.5) is 10.2 Å². The normalized spacial score (nSPS) is 12.8. The quantitative estimate of drug-likeness (QED) is 0.175. The number of aliphatic imine (C=N–C) groups is 1. The molecule has 0 aliphatic rings. The summed E-state index contributed by atoms with van der Waals surface area (Å²) in [5.41, 5.74) is 5.39. The number of hydrogen-bond acceptors (Lipinski definition) is 5. The van der Waals surface area contributed by atoms with Gasteiger partial charge in [-0.15, -0.1) is 0 Å². The summed E-state index contributed by atoms with van der Waals surface area (Å²) in [6.45, 7) is 6.73. The third-order valence-corrected chi connectivity index (χ3v) is 6.93. The van der Waals surface area contributed by atoms with Gasteiger partial charge >= 0.3 is 0 Å². The van der Waals surface area contributed by atoms with Gasteiger partial charge in [-0.2, -0.15) is 0 Å². The fraction of sp³-hybridized carbons (Fsp3) is 0.400. The highest BCUT2D eigenvalue weighted by Crippen LogP contribution is 2.32. The highest BCUT2D eigenvalue weighted by molar-refractivity contribution is 5.89. The molecule has 8 heteroatoms. The van der Waals surface area contributed by atoms with Crippen LogP contribution in [0.5, 0.6) is 0 Å². The smallest absolute Gasteiger partial charge is 0.137 e. The van der Waals surface area contributed by atoms with E-state index in [9.17, 15) is 9.50 Å². The molecule has 4 aromatic rings. The Balaban J connectivity index is 1.87. The van der Waals surface area contributed by atoms with E-state index in [0.29, 0.717) is 24.2 Å². The largest absolute Gasteiger partial charge is 0.394 e. The number of methoxy groups -OCH3 is 1. The van der Waals surface area contributed by atoms with Gasteiger partial charge in [0, 0.05) is 49.7 Å². The van der Waals surface area contributed by atoms with E-state index in [-0.39, 0.29) is 18.5 Å². The molecule has 7 nitrogen and oxygen atoms in total. The Labute approximate surface area is 223 Å². The average Bonchev–Trinajstić information content (AvgIpc) is 3.66. The molecule has 1 N–H and O–H groups in total. The number of unbranched alkanes of at least 4 members (excludes halogenated alkanes) is 1. The molecule has 38 heavy (non-hydrogen) atoms. The Bertz CT molecular complexity index is 1350. The highest BCUT2D eigenvalue weighted by atomic mass is 19.1. The fourth-order valence-corrected chi connectivity index (χ4v) is 4.79. The van der Waals surface area contributed by atoms with Crippen LogP contribution in [0.3, 0.4) is 0 Å². The van der Waals surface area contributed by atoms with Gasteiger partial charge in [0.2, 0.25) is 0 Å². The summed E-state index contributed by atoms with van der Waals surface area (Å²) >= 11 is 0. The third kappa shape index (κ3) is 5.97. The fourth-order valence-electron chi connectivity index (χ4n) is 4.79. The lowest BCUT2D eigenvalue weighted by Gasteiger charge is -2.17. The minimum Gasteiger partial charge on any atom is -0.394 e. The first-order chi connectivity index (χ1) is 18.5. The molecular formula is C30H37FN4O3. The van der Waals surface area contributed by atoms with Crippen molar-refractivity contribution < 1.29 is 18.8 Å². The van der Waals surface area contributed by atoms with Gasteiger partial charge in [0.1, 0.15) is 29.4 Å². The Kier molecular flexibility index (Phi) is 9.31. The van der Waals surface area contributed by atoms with E-state index < -0.39 is 0 Å². The first-order valence-corrected chi connectivity index (χ1v) is 13.2. The van der Waals surface area contributed by atoms with E-state index in [1.165, 1.54) is 6.07 Å². The lowest BCUT2D eigenvalue weighted by atomic mass is 9.98. The summed E-state index contributed by atoms with van der Waals surface area (Å²) in [5, 5.41) is 13.9. The van der Waals surface area contributed by atoms with Gasteiger partial charge in [-0.05, 0) is 48.6 Å². The summed E-state index contributed by atoms with van der Waals surface area (Å²) in [6.07, 6.45) is 9.23. The molecular weight excluding hydrogens is 483 g/mol. The topological polar surface area (TPSA) is 77.7 Å². The highest BCUT2D eigenvalue weighted by Gasteiger charge is 2.22. The van der Waals surface area contributed by atoms with Crippen LogP contribution in [0.2, 0.25) is 0 Å². The number of aromatic nitrogens is 3. The van der Waals surface area contributed by atoms with Crippen LogP contribution in [0.1, 0.15) is 55.5 Å². The number of aliphatic hydroxyl groups excluding tert-OH is 1. The summed E-state index contributed by atoms with van der Waals surface area (Å²) in [5.74, 6) is 1.52. The predicted molar refractivity (Wildman–Crippen MR) is 148 cm³/mol. The third-order valence-electron chi connectivity index (χ3n) is 6.93. The van der Waals surface area contributed by atoms with E-state index in [1.807, 2.05) is 42.0 Å². The van der Waals surface area contributed by atoms with Gasteiger partial charge in [0.15, 0.2) is 0 Å². The van der Waals surface area contributed by atoms with Crippen LogP contribution < -0.4 is 0 Å². The van der Waals surface area contributed by atoms with Gasteiger partial charge in [-0.25, -0.2) is 9.38 Å². The maximum Gasteiger partial charge on any atom is 0.137 e. The number of aryl methyl sites for hydroxylation is 1. The molecule has 3 heterocycles. The van der Waals surface area contributed by atoms with Crippen LogP contribution in [-0.4, -0.2) is 45.1 Å². The number of rotatable bonds is 12. The van der Waals surface area contributed by atoms with Crippen molar-refractivity contribution in [3.63, 3.8) is 0 Å². The van der Waals surface area contributed by atoms with Crippen molar-refractivity contribution in [2.45, 2.75) is 65.5 Å². The second-order valence-corrected chi connectivity index (χ2v) is 9.49. The van der Waals surface area contributed by atoms with Crippen LogP contribution in [0.15, 0.2) is 64.6 Å². The van der Waals surface area contributed by atoms with Crippen LogP contribution in [0, 0.1) is 12.7 Å². The van der Waals surface area contributed by atoms with Gasteiger partial charge in [0.25, 0.3) is 0 Å². The average molecular weight is 521 g/mol. The van der Waals surface area contributed by atoms with Crippen molar-refractivity contribution >= 4 is 11.7 Å². The lowest BCUT2D eigenvalue weighted by Crippen LogP contribution is -2.22. The number of ether oxygens (including phenoxy) is 1. The second-order valence-electron chi connectivity index (χ2n) is 9.49. The summed E-state index contributed by atoms with van der Waals surface area (Å²) < 4.78 is 29.5. The Morgan fingerprint density at radius 3 is 2.68 bits per heavy atom. The minimum atomic E-state index is -0.321. The molecule has 3 aromatic heterocycles. The van der Waals surface area contributed by atoms with Crippen LogP contribution >= 0.6 is 0 Å². The van der Waals surface area contributed by atoms with Gasteiger partial charge in [-0.1, -0.05) is 43.6 Å². The molecule has 1 unspecified atom stereocenters. The second kappa shape index (κ2) is 12.8. The zero-order valence-corrected chi connectivity index (χ0v) is 22.7. The zero-order chi connectivity index (χ0) is 27.1. The number of benzene rings is 1. The Morgan fingerprint density at radius 2 is 2.03 bits per heavy atom. The molecule has 0 radical (unpaired) electrons. The first kappa shape index (κ1) is 27.5. The lowest BCUT2D eigenvalue weighted by molar-refractivity contribution is 0.0376. The minimum absolute atomic E-state index is 0.0718. The van der Waals surface area contributed by atoms with Gasteiger partial charge in [-0.3, -0.25) is 0 Å². The maximum atomic E-state index is 14.7. The number of halogens is 1. The molecule has 0 amide bonds. The summed E-state index contributed by atoms with van der Waals surface area (Å²) in [7, 11) is 1.60.